The smallest absolute Gasteiger partial charge is 0.243 e. The number of nitrogens with zero attached hydrogens (tertiary/aromatic N) is 1. The largest absolute Gasteiger partial charge is 0.324 e. The van der Waals surface area contributed by atoms with Gasteiger partial charge in [-0.2, -0.15) is 15.6 Å². The van der Waals surface area contributed by atoms with E-state index < -0.39 is 10.0 Å². The van der Waals surface area contributed by atoms with E-state index in [-0.39, 0.29) is 6.04 Å². The molecule has 21 heavy (non-hydrogen) atoms. The number of rotatable bonds is 6. The molecule has 1 unspecified atom stereocenters. The van der Waals surface area contributed by atoms with Crippen LogP contribution in [0.5, 0.6) is 0 Å². The van der Waals surface area contributed by atoms with Crippen LogP contribution in [0.3, 0.4) is 0 Å². The Hall–Kier alpha value is -1.21. The van der Waals surface area contributed by atoms with E-state index in [4.69, 9.17) is 5.73 Å². The zero-order chi connectivity index (χ0) is 15.5. The third kappa shape index (κ3) is 3.71. The highest BCUT2D eigenvalue weighted by molar-refractivity contribution is 7.89. The van der Waals surface area contributed by atoms with Gasteiger partial charge < -0.3 is 5.73 Å². The van der Waals surface area contributed by atoms with E-state index in [1.165, 1.54) is 4.31 Å². The average molecular weight is 324 g/mol. The molecule has 2 rings (SSSR count). The van der Waals surface area contributed by atoms with Crippen molar-refractivity contribution in [1.29, 1.82) is 0 Å². The topological polar surface area (TPSA) is 63.4 Å². The van der Waals surface area contributed by atoms with Crippen LogP contribution < -0.4 is 5.73 Å². The molecule has 1 aromatic carbocycles. The minimum absolute atomic E-state index is 0.137. The van der Waals surface area contributed by atoms with Crippen LogP contribution in [0.25, 0.3) is 0 Å². The Morgan fingerprint density at radius 3 is 2.71 bits per heavy atom. The van der Waals surface area contributed by atoms with Gasteiger partial charge in [0.05, 0.1) is 4.90 Å². The second-order valence-corrected chi connectivity index (χ2v) is 7.80. The lowest BCUT2D eigenvalue weighted by atomic mass is 10.1. The molecule has 0 amide bonds. The molecule has 2 N–H and O–H groups in total. The third-order valence-electron chi connectivity index (χ3n) is 3.42. The summed E-state index contributed by atoms with van der Waals surface area (Å²) in [5.41, 5.74) is 7.83. The number of benzene rings is 1. The van der Waals surface area contributed by atoms with Gasteiger partial charge in [-0.3, -0.25) is 0 Å². The van der Waals surface area contributed by atoms with E-state index in [1.54, 1.807) is 36.6 Å². The molecule has 0 radical (unpaired) electrons. The first-order valence-electron chi connectivity index (χ1n) is 6.78. The summed E-state index contributed by atoms with van der Waals surface area (Å²) in [5.74, 6) is 0. The van der Waals surface area contributed by atoms with E-state index in [2.05, 4.69) is 0 Å². The second-order valence-electron chi connectivity index (χ2n) is 4.98. The predicted molar refractivity (Wildman–Crippen MR) is 86.6 cm³/mol. The molecule has 1 heterocycles. The van der Waals surface area contributed by atoms with Gasteiger partial charge in [-0.25, -0.2) is 8.42 Å². The highest BCUT2D eigenvalue weighted by Crippen LogP contribution is 2.22. The molecule has 6 heteroatoms. The molecule has 1 atom stereocenters. The van der Waals surface area contributed by atoms with Gasteiger partial charge in [0.15, 0.2) is 0 Å². The molecule has 0 aliphatic heterocycles. The molecule has 0 fully saturated rings. The maximum absolute atomic E-state index is 12.6. The third-order valence-corrected chi connectivity index (χ3v) is 5.95. The van der Waals surface area contributed by atoms with Crippen LogP contribution in [0.2, 0.25) is 0 Å². The van der Waals surface area contributed by atoms with Crippen molar-refractivity contribution in [2.45, 2.75) is 30.8 Å². The molecule has 114 valence electrons. The molecule has 1 aromatic heterocycles. The lowest BCUT2D eigenvalue weighted by Gasteiger charge is -2.18. The first kappa shape index (κ1) is 16.2. The van der Waals surface area contributed by atoms with Gasteiger partial charge in [0.2, 0.25) is 10.0 Å². The number of hydrogen-bond donors (Lipinski definition) is 1. The Morgan fingerprint density at radius 2 is 2.10 bits per heavy atom. The molecular weight excluding hydrogens is 304 g/mol. The lowest BCUT2D eigenvalue weighted by molar-refractivity contribution is 0.467. The summed E-state index contributed by atoms with van der Waals surface area (Å²) in [5, 5.41) is 3.89. The molecule has 0 aliphatic rings. The minimum Gasteiger partial charge on any atom is -0.324 e. The first-order valence-corrected chi connectivity index (χ1v) is 9.16. The van der Waals surface area contributed by atoms with Gasteiger partial charge in [-0.1, -0.05) is 19.1 Å². The van der Waals surface area contributed by atoms with Gasteiger partial charge in [0.25, 0.3) is 0 Å². The van der Waals surface area contributed by atoms with Crippen LogP contribution in [0.15, 0.2) is 46.0 Å². The van der Waals surface area contributed by atoms with Crippen LogP contribution in [0, 0.1) is 0 Å². The number of sulfonamides is 1. The summed E-state index contributed by atoms with van der Waals surface area (Å²) in [4.78, 5) is 0.293. The van der Waals surface area contributed by atoms with Gasteiger partial charge in [-0.15, -0.1) is 0 Å². The molecule has 0 spiro atoms. The van der Waals surface area contributed by atoms with Gasteiger partial charge in [0.1, 0.15) is 0 Å². The molecular formula is C15H20N2O2S2. The normalized spacial score (nSPS) is 13.5. The monoisotopic (exact) mass is 324 g/mol. The van der Waals surface area contributed by atoms with Crippen molar-refractivity contribution >= 4 is 21.4 Å². The van der Waals surface area contributed by atoms with Gasteiger partial charge in [0, 0.05) is 19.6 Å². The maximum atomic E-state index is 12.6. The Bertz CT molecular complexity index is 681. The standard InChI is InChI=1S/C15H20N2O2S2/c1-3-15(16)13-5-4-6-14(9-13)21(18,19)17(2)10-12-7-8-20-11-12/h4-9,11,15H,3,10,16H2,1-2H3. The van der Waals surface area contributed by atoms with Gasteiger partial charge >= 0.3 is 0 Å². The number of hydrogen-bond acceptors (Lipinski definition) is 4. The summed E-state index contributed by atoms with van der Waals surface area (Å²) in [6, 6.07) is 8.70. The minimum atomic E-state index is -3.50. The Morgan fingerprint density at radius 1 is 1.33 bits per heavy atom. The number of nitrogens with two attached hydrogens (primary N) is 1. The summed E-state index contributed by atoms with van der Waals surface area (Å²) in [7, 11) is -1.90. The van der Waals surface area contributed by atoms with Crippen molar-refractivity contribution < 1.29 is 8.42 Å². The van der Waals surface area contributed by atoms with Crippen molar-refractivity contribution in [2.24, 2.45) is 5.73 Å². The quantitative estimate of drug-likeness (QED) is 0.888. The van der Waals surface area contributed by atoms with Crippen LogP contribution >= 0.6 is 11.3 Å². The molecule has 0 bridgehead atoms. The highest BCUT2D eigenvalue weighted by Gasteiger charge is 2.21. The number of thiophene rings is 1. The summed E-state index contributed by atoms with van der Waals surface area (Å²) < 4.78 is 26.6. The van der Waals surface area contributed by atoms with Crippen molar-refractivity contribution in [3.05, 3.63) is 52.2 Å². The summed E-state index contributed by atoms with van der Waals surface area (Å²) in [6.45, 7) is 2.35. The van der Waals surface area contributed by atoms with E-state index in [0.29, 0.717) is 11.4 Å². The molecule has 0 saturated carbocycles. The summed E-state index contributed by atoms with van der Waals surface area (Å²) in [6.07, 6.45) is 0.772. The van der Waals surface area contributed by atoms with Crippen molar-refractivity contribution in [2.75, 3.05) is 7.05 Å². The molecule has 0 saturated heterocycles. The fourth-order valence-electron chi connectivity index (χ4n) is 2.05. The van der Waals surface area contributed by atoms with Crippen LogP contribution in [0.1, 0.15) is 30.5 Å². The van der Waals surface area contributed by atoms with E-state index in [9.17, 15) is 8.42 Å². The second kappa shape index (κ2) is 6.70. The summed E-state index contributed by atoms with van der Waals surface area (Å²) >= 11 is 1.56. The van der Waals surface area contributed by atoms with Crippen molar-refractivity contribution in [1.82, 2.24) is 4.31 Å². The molecule has 2 aromatic rings. The van der Waals surface area contributed by atoms with E-state index in [0.717, 1.165) is 17.5 Å². The fourth-order valence-corrected chi connectivity index (χ4v) is 3.92. The average Bonchev–Trinajstić information content (AvgIpc) is 2.99. The van der Waals surface area contributed by atoms with Crippen molar-refractivity contribution in [3.63, 3.8) is 0 Å². The lowest BCUT2D eigenvalue weighted by Crippen LogP contribution is -2.26. The maximum Gasteiger partial charge on any atom is 0.243 e. The molecule has 4 nitrogen and oxygen atoms in total. The van der Waals surface area contributed by atoms with E-state index in [1.807, 2.05) is 29.8 Å². The highest BCUT2D eigenvalue weighted by atomic mass is 32.2. The zero-order valence-electron chi connectivity index (χ0n) is 12.2. The Kier molecular flexibility index (Phi) is 5.16. The van der Waals surface area contributed by atoms with E-state index >= 15 is 0 Å². The van der Waals surface area contributed by atoms with Crippen LogP contribution in [0.4, 0.5) is 0 Å². The predicted octanol–water partition coefficient (Wildman–Crippen LogP) is 2.98. The molecule has 0 aliphatic carbocycles. The van der Waals surface area contributed by atoms with Crippen LogP contribution in [-0.4, -0.2) is 19.8 Å². The fraction of sp³-hybridized carbons (Fsp3) is 0.333. The first-order chi connectivity index (χ1) is 9.95. The van der Waals surface area contributed by atoms with Crippen LogP contribution in [-0.2, 0) is 16.6 Å². The van der Waals surface area contributed by atoms with Crippen molar-refractivity contribution in [3.8, 4) is 0 Å². The zero-order valence-corrected chi connectivity index (χ0v) is 13.8. The SMILES string of the molecule is CCC(N)c1cccc(S(=O)(=O)N(C)Cc2ccsc2)c1. The van der Waals surface area contributed by atoms with Gasteiger partial charge in [-0.05, 0) is 46.5 Å². The Balaban J connectivity index is 2.26. The Labute approximate surface area is 130 Å².